The summed E-state index contributed by atoms with van der Waals surface area (Å²) in [6.45, 7) is 0. The number of allylic oxidation sites excluding steroid dienone is 2. The summed E-state index contributed by atoms with van der Waals surface area (Å²) in [5.41, 5.74) is 16.9. The maximum Gasteiger partial charge on any atom is 0.227 e. The lowest BCUT2D eigenvalue weighted by Gasteiger charge is -2.35. The van der Waals surface area contributed by atoms with Crippen LogP contribution in [0.5, 0.6) is 0 Å². The molecular weight excluding hydrogens is 753 g/mol. The number of para-hydroxylation sites is 1. The Balaban J connectivity index is 0.901. The minimum absolute atomic E-state index is 0.107. The zero-order valence-corrected chi connectivity index (χ0v) is 34.1. The van der Waals surface area contributed by atoms with E-state index in [0.717, 1.165) is 45.1 Å². The van der Waals surface area contributed by atoms with Crippen LogP contribution in [0.2, 0.25) is 0 Å². The average Bonchev–Trinajstić information content (AvgIpc) is 3.81. The molecule has 1 aliphatic rings. The fraction of sp³-hybridized carbons (Fsp3) is 0.0339. The molecule has 0 bridgehead atoms. The van der Waals surface area contributed by atoms with Gasteiger partial charge in [0.15, 0.2) is 5.58 Å². The molecule has 1 aromatic heterocycles. The molecule has 9 aromatic carbocycles. The van der Waals surface area contributed by atoms with Gasteiger partial charge in [-0.25, -0.2) is 4.98 Å². The summed E-state index contributed by atoms with van der Waals surface area (Å²) < 4.78 is 6.50. The van der Waals surface area contributed by atoms with Gasteiger partial charge in [0.25, 0.3) is 0 Å². The van der Waals surface area contributed by atoms with E-state index in [9.17, 15) is 0 Å². The molecule has 11 rings (SSSR count). The third-order valence-corrected chi connectivity index (χ3v) is 12.1. The molecular formula is C59H42N2O. The van der Waals surface area contributed by atoms with Gasteiger partial charge in [-0.2, -0.15) is 0 Å². The highest BCUT2D eigenvalue weighted by Gasteiger charge is 2.24. The van der Waals surface area contributed by atoms with Crippen molar-refractivity contribution in [1.29, 1.82) is 0 Å². The van der Waals surface area contributed by atoms with Crippen molar-refractivity contribution in [3.63, 3.8) is 0 Å². The van der Waals surface area contributed by atoms with Crippen LogP contribution in [-0.4, -0.2) is 11.0 Å². The van der Waals surface area contributed by atoms with E-state index in [-0.39, 0.29) is 6.04 Å². The summed E-state index contributed by atoms with van der Waals surface area (Å²) in [5.74, 6) is 0.627. The van der Waals surface area contributed by atoms with E-state index in [1.165, 1.54) is 55.8 Å². The first-order valence-electron chi connectivity index (χ1n) is 21.3. The Bertz CT molecular complexity index is 3240. The van der Waals surface area contributed by atoms with Crippen LogP contribution in [0.4, 0.5) is 11.4 Å². The van der Waals surface area contributed by atoms with Crippen molar-refractivity contribution in [2.75, 3.05) is 4.90 Å². The summed E-state index contributed by atoms with van der Waals surface area (Å²) in [5, 5.41) is 2.17. The van der Waals surface area contributed by atoms with Gasteiger partial charge in [-0.05, 0) is 110 Å². The lowest BCUT2D eigenvalue weighted by molar-refractivity contribution is 0.623. The molecule has 0 radical (unpaired) electrons. The topological polar surface area (TPSA) is 29.3 Å². The largest absolute Gasteiger partial charge is 0.435 e. The van der Waals surface area contributed by atoms with Gasteiger partial charge < -0.3 is 9.32 Å². The van der Waals surface area contributed by atoms with Crippen molar-refractivity contribution in [3.8, 4) is 56.0 Å². The van der Waals surface area contributed by atoms with Crippen molar-refractivity contribution in [2.45, 2.75) is 12.5 Å². The normalized spacial score (nSPS) is 13.6. The quantitative estimate of drug-likeness (QED) is 0.146. The minimum atomic E-state index is 0.107. The number of rotatable bonds is 9. The molecule has 1 unspecified atom stereocenters. The molecule has 0 saturated heterocycles. The lowest BCUT2D eigenvalue weighted by Crippen LogP contribution is -2.30. The summed E-state index contributed by atoms with van der Waals surface area (Å²) in [6.07, 6.45) is 7.96. The summed E-state index contributed by atoms with van der Waals surface area (Å²) >= 11 is 0. The third-order valence-electron chi connectivity index (χ3n) is 12.1. The summed E-state index contributed by atoms with van der Waals surface area (Å²) in [6, 6.07) is 77.7. The predicted octanol–water partition coefficient (Wildman–Crippen LogP) is 15.9. The van der Waals surface area contributed by atoms with E-state index < -0.39 is 0 Å². The number of hydrogen-bond donors (Lipinski definition) is 0. The van der Waals surface area contributed by atoms with E-state index in [2.05, 4.69) is 235 Å². The van der Waals surface area contributed by atoms with Gasteiger partial charge in [0.05, 0.1) is 6.04 Å². The second kappa shape index (κ2) is 16.2. The zero-order chi connectivity index (χ0) is 41.2. The first-order chi connectivity index (χ1) is 30.7. The Kier molecular flexibility index (Phi) is 9.68. The highest BCUT2D eigenvalue weighted by Crippen LogP contribution is 2.41. The van der Waals surface area contributed by atoms with Crippen LogP contribution >= 0.6 is 0 Å². The lowest BCUT2D eigenvalue weighted by atomic mass is 9.89. The highest BCUT2D eigenvalue weighted by atomic mass is 16.3. The maximum atomic E-state index is 6.50. The predicted molar refractivity (Wildman–Crippen MR) is 259 cm³/mol. The molecule has 1 heterocycles. The van der Waals surface area contributed by atoms with Crippen LogP contribution in [0.3, 0.4) is 0 Å². The Morgan fingerprint density at radius 3 is 1.66 bits per heavy atom. The number of nitrogens with zero attached hydrogens (tertiary/aromatic N) is 2. The number of aromatic nitrogens is 1. The number of benzene rings is 9. The van der Waals surface area contributed by atoms with Crippen molar-refractivity contribution >= 4 is 38.8 Å². The van der Waals surface area contributed by atoms with Crippen molar-refractivity contribution in [2.24, 2.45) is 0 Å². The standard InChI is InChI=1S/C59H42N2O/c1-4-14-41(15-5-1)43-24-26-47(27-25-43)59-60-56-39-33-49-40-48(32-38-55(49)58(56)62-59)53-21-11-10-20-52(53)46-30-36-51(37-31-46)61(50-34-28-44(29-35-50)42-16-6-2-7-17-42)57-23-13-12-22-54(57)45-18-8-3-9-19-45/h1-36,38-40,51H,37H2. The van der Waals surface area contributed by atoms with Gasteiger partial charge in [0, 0.05) is 27.9 Å². The van der Waals surface area contributed by atoms with Crippen LogP contribution in [0, 0.1) is 0 Å². The number of hydrogen-bond acceptors (Lipinski definition) is 3. The molecule has 10 aromatic rings. The second-order valence-electron chi connectivity index (χ2n) is 15.8. The van der Waals surface area contributed by atoms with Crippen LogP contribution in [0.15, 0.2) is 241 Å². The van der Waals surface area contributed by atoms with Crippen LogP contribution in [0.25, 0.3) is 83.4 Å². The van der Waals surface area contributed by atoms with Gasteiger partial charge in [0.2, 0.25) is 5.89 Å². The molecule has 0 aliphatic heterocycles. The average molecular weight is 795 g/mol. The van der Waals surface area contributed by atoms with Crippen molar-refractivity contribution in [3.05, 3.63) is 242 Å². The number of anilines is 2. The molecule has 1 aliphatic carbocycles. The molecule has 0 spiro atoms. The van der Waals surface area contributed by atoms with Gasteiger partial charge in [-0.1, -0.05) is 188 Å². The molecule has 0 fully saturated rings. The highest BCUT2D eigenvalue weighted by molar-refractivity contribution is 6.05. The Labute approximate surface area is 362 Å². The zero-order valence-electron chi connectivity index (χ0n) is 34.1. The van der Waals surface area contributed by atoms with E-state index in [1.54, 1.807) is 0 Å². The second-order valence-corrected chi connectivity index (χ2v) is 15.8. The first kappa shape index (κ1) is 37.0. The molecule has 294 valence electrons. The Hall–Kier alpha value is -8.01. The third kappa shape index (κ3) is 7.10. The van der Waals surface area contributed by atoms with Crippen LogP contribution in [0.1, 0.15) is 12.0 Å². The van der Waals surface area contributed by atoms with E-state index in [1.807, 2.05) is 6.07 Å². The molecule has 3 heteroatoms. The number of fused-ring (bicyclic) bond motifs is 3. The fourth-order valence-corrected chi connectivity index (χ4v) is 8.93. The minimum Gasteiger partial charge on any atom is -0.435 e. The molecule has 1 atom stereocenters. The molecule has 0 saturated carbocycles. The van der Waals surface area contributed by atoms with E-state index in [0.29, 0.717) is 5.89 Å². The van der Waals surface area contributed by atoms with Gasteiger partial charge >= 0.3 is 0 Å². The Morgan fingerprint density at radius 2 is 1.00 bits per heavy atom. The smallest absolute Gasteiger partial charge is 0.227 e. The molecule has 62 heavy (non-hydrogen) atoms. The SMILES string of the molecule is C1=CC(N(c2ccc(-c3ccccc3)cc2)c2ccccc2-c2ccccc2)CC=C1c1ccccc1-c1ccc2c(ccc3nc(-c4ccc(-c5ccccc5)cc4)oc32)c1. The monoisotopic (exact) mass is 794 g/mol. The summed E-state index contributed by atoms with van der Waals surface area (Å²) in [7, 11) is 0. The van der Waals surface area contributed by atoms with Crippen LogP contribution in [-0.2, 0) is 0 Å². The van der Waals surface area contributed by atoms with E-state index in [4.69, 9.17) is 9.40 Å². The summed E-state index contributed by atoms with van der Waals surface area (Å²) in [4.78, 5) is 7.41. The van der Waals surface area contributed by atoms with Crippen molar-refractivity contribution in [1.82, 2.24) is 4.98 Å². The number of oxazole rings is 1. The molecule has 0 amide bonds. The fourth-order valence-electron chi connectivity index (χ4n) is 8.93. The van der Waals surface area contributed by atoms with Gasteiger partial charge in [0.1, 0.15) is 5.52 Å². The molecule has 3 nitrogen and oxygen atoms in total. The Morgan fingerprint density at radius 1 is 0.452 bits per heavy atom. The van der Waals surface area contributed by atoms with Crippen molar-refractivity contribution < 1.29 is 4.42 Å². The first-order valence-corrected chi connectivity index (χ1v) is 21.3. The van der Waals surface area contributed by atoms with Crippen LogP contribution < -0.4 is 4.90 Å². The molecule has 0 N–H and O–H groups in total. The van der Waals surface area contributed by atoms with Gasteiger partial charge in [-0.15, -0.1) is 0 Å². The van der Waals surface area contributed by atoms with E-state index >= 15 is 0 Å². The van der Waals surface area contributed by atoms with Gasteiger partial charge in [-0.3, -0.25) is 0 Å². The maximum absolute atomic E-state index is 6.50.